The molecular formula is C36H34FNO6. The Morgan fingerprint density at radius 1 is 0.795 bits per heavy atom. The van der Waals surface area contributed by atoms with Crippen LogP contribution in [0, 0.1) is 5.82 Å². The lowest BCUT2D eigenvalue weighted by atomic mass is 9.80. The molecule has 1 fully saturated rings. The van der Waals surface area contributed by atoms with Crippen LogP contribution < -0.4 is 4.90 Å². The first-order chi connectivity index (χ1) is 21.4. The second-order valence-electron chi connectivity index (χ2n) is 11.0. The lowest BCUT2D eigenvalue weighted by Crippen LogP contribution is -2.47. The Hall–Kier alpha value is -4.53. The van der Waals surface area contributed by atoms with Gasteiger partial charge in [-0.05, 0) is 46.9 Å². The molecule has 0 aromatic heterocycles. The van der Waals surface area contributed by atoms with E-state index in [1.807, 2.05) is 95.9 Å². The molecule has 0 radical (unpaired) electrons. The molecule has 0 spiro atoms. The lowest BCUT2D eigenvalue weighted by molar-refractivity contribution is -0.165. The van der Waals surface area contributed by atoms with E-state index in [-0.39, 0.29) is 12.4 Å². The maximum atomic E-state index is 14.0. The summed E-state index contributed by atoms with van der Waals surface area (Å²) in [5.74, 6) is -1.39. The SMILES string of the molecule is CC(=O)OC1C(COC(c2ccccc2)(c2ccccc2)c2ccccc2)OC(N2CCc3cc(F)ccc32)C1OC(C)=O. The normalized spacial score (nSPS) is 21.1. The number of carbonyl (C=O) groups is 2. The molecule has 4 unspecified atom stereocenters. The number of anilines is 1. The van der Waals surface area contributed by atoms with Crippen molar-refractivity contribution in [1.82, 2.24) is 0 Å². The number of halogens is 1. The molecule has 4 aromatic carbocycles. The maximum Gasteiger partial charge on any atom is 0.303 e. The number of benzene rings is 4. The Bertz CT molecular complexity index is 1500. The molecule has 7 nitrogen and oxygen atoms in total. The molecule has 6 rings (SSSR count). The van der Waals surface area contributed by atoms with E-state index in [2.05, 4.69) is 0 Å². The van der Waals surface area contributed by atoms with Crippen LogP contribution >= 0.6 is 0 Å². The Morgan fingerprint density at radius 3 is 1.84 bits per heavy atom. The summed E-state index contributed by atoms with van der Waals surface area (Å²) in [5, 5.41) is 0. The number of esters is 2. The summed E-state index contributed by atoms with van der Waals surface area (Å²) in [6, 6.07) is 34.4. The van der Waals surface area contributed by atoms with Crippen molar-refractivity contribution in [2.45, 2.75) is 50.4 Å². The van der Waals surface area contributed by atoms with Crippen LogP contribution in [0.3, 0.4) is 0 Å². The average Bonchev–Trinajstić information content (AvgIpc) is 3.59. The van der Waals surface area contributed by atoms with Crippen molar-refractivity contribution >= 4 is 17.6 Å². The van der Waals surface area contributed by atoms with Gasteiger partial charge in [-0.2, -0.15) is 0 Å². The summed E-state index contributed by atoms with van der Waals surface area (Å²) in [6.45, 7) is 3.13. The number of rotatable bonds is 9. The van der Waals surface area contributed by atoms with E-state index in [0.29, 0.717) is 13.0 Å². The van der Waals surface area contributed by atoms with E-state index in [0.717, 1.165) is 27.9 Å². The van der Waals surface area contributed by atoms with Crippen LogP contribution in [0.2, 0.25) is 0 Å². The minimum atomic E-state index is -1.04. The summed E-state index contributed by atoms with van der Waals surface area (Å²) >= 11 is 0. The molecule has 44 heavy (non-hydrogen) atoms. The van der Waals surface area contributed by atoms with E-state index >= 15 is 0 Å². The molecule has 1 saturated heterocycles. The van der Waals surface area contributed by atoms with E-state index in [1.165, 1.54) is 26.0 Å². The molecule has 0 amide bonds. The number of nitrogens with zero attached hydrogens (tertiary/aromatic N) is 1. The first-order valence-electron chi connectivity index (χ1n) is 14.7. The summed E-state index contributed by atoms with van der Waals surface area (Å²) in [6.07, 6.45) is -2.89. The van der Waals surface area contributed by atoms with Crippen LogP contribution in [-0.4, -0.2) is 49.6 Å². The second kappa shape index (κ2) is 12.6. The van der Waals surface area contributed by atoms with Crippen molar-refractivity contribution in [3.63, 3.8) is 0 Å². The highest BCUT2D eigenvalue weighted by Gasteiger charge is 2.53. The zero-order valence-corrected chi connectivity index (χ0v) is 24.6. The molecular weight excluding hydrogens is 561 g/mol. The standard InChI is InChI=1S/C36H34FNO6/c1-24(39)42-33-32(44-35(34(33)43-25(2)40)38-21-20-26-22-30(37)18-19-31(26)38)23-41-36(27-12-6-3-7-13-27,28-14-8-4-9-15-28)29-16-10-5-11-17-29/h3-19,22,32-35H,20-21,23H2,1-2H3. The zero-order chi connectivity index (χ0) is 30.7. The quantitative estimate of drug-likeness (QED) is 0.179. The summed E-state index contributed by atoms with van der Waals surface area (Å²) < 4.78 is 39.2. The third-order valence-electron chi connectivity index (χ3n) is 8.17. The maximum absolute atomic E-state index is 14.0. The molecule has 0 bridgehead atoms. The van der Waals surface area contributed by atoms with Crippen molar-refractivity contribution in [3.05, 3.63) is 137 Å². The van der Waals surface area contributed by atoms with Crippen molar-refractivity contribution in [2.24, 2.45) is 0 Å². The van der Waals surface area contributed by atoms with Gasteiger partial charge in [0.25, 0.3) is 0 Å². The Balaban J connectivity index is 1.40. The van der Waals surface area contributed by atoms with Gasteiger partial charge in [0.15, 0.2) is 18.4 Å². The smallest absolute Gasteiger partial charge is 0.303 e. The number of ether oxygens (including phenoxy) is 4. The summed E-state index contributed by atoms with van der Waals surface area (Å²) in [5.41, 5.74) is 3.29. The van der Waals surface area contributed by atoms with Crippen molar-refractivity contribution < 1.29 is 32.9 Å². The van der Waals surface area contributed by atoms with E-state index < -0.39 is 42.1 Å². The van der Waals surface area contributed by atoms with Crippen LogP contribution in [0.5, 0.6) is 0 Å². The predicted molar refractivity (Wildman–Crippen MR) is 162 cm³/mol. The molecule has 4 aromatic rings. The molecule has 2 heterocycles. The molecule has 4 atom stereocenters. The molecule has 226 valence electrons. The highest BCUT2D eigenvalue weighted by Crippen LogP contribution is 2.42. The molecule has 8 heteroatoms. The fourth-order valence-corrected chi connectivity index (χ4v) is 6.38. The van der Waals surface area contributed by atoms with Gasteiger partial charge in [0.2, 0.25) is 0 Å². The highest BCUT2D eigenvalue weighted by molar-refractivity contribution is 5.68. The predicted octanol–water partition coefficient (Wildman–Crippen LogP) is 5.79. The van der Waals surface area contributed by atoms with E-state index in [9.17, 15) is 14.0 Å². The van der Waals surface area contributed by atoms with E-state index in [4.69, 9.17) is 18.9 Å². The monoisotopic (exact) mass is 595 g/mol. The number of fused-ring (bicyclic) bond motifs is 1. The van der Waals surface area contributed by atoms with Gasteiger partial charge in [-0.3, -0.25) is 9.59 Å². The van der Waals surface area contributed by atoms with Gasteiger partial charge in [-0.1, -0.05) is 91.0 Å². The van der Waals surface area contributed by atoms with Crippen LogP contribution in [-0.2, 0) is 40.6 Å². The zero-order valence-electron chi connectivity index (χ0n) is 24.6. The second-order valence-corrected chi connectivity index (χ2v) is 11.0. The molecule has 2 aliphatic heterocycles. The number of hydrogen-bond acceptors (Lipinski definition) is 7. The topological polar surface area (TPSA) is 74.3 Å². The number of carbonyl (C=O) groups excluding carboxylic acids is 2. The average molecular weight is 596 g/mol. The first kappa shape index (κ1) is 29.5. The summed E-state index contributed by atoms with van der Waals surface area (Å²) in [4.78, 5) is 26.7. The van der Waals surface area contributed by atoms with Gasteiger partial charge in [0, 0.05) is 26.1 Å². The third-order valence-corrected chi connectivity index (χ3v) is 8.17. The van der Waals surface area contributed by atoms with Crippen LogP contribution in [0.15, 0.2) is 109 Å². The van der Waals surface area contributed by atoms with Crippen molar-refractivity contribution in [2.75, 3.05) is 18.1 Å². The molecule has 0 N–H and O–H groups in total. The molecule has 0 saturated carbocycles. The Kier molecular flexibility index (Phi) is 8.46. The highest BCUT2D eigenvalue weighted by atomic mass is 19.1. The van der Waals surface area contributed by atoms with Crippen LogP contribution in [0.4, 0.5) is 10.1 Å². The van der Waals surface area contributed by atoms with Gasteiger partial charge >= 0.3 is 11.9 Å². The van der Waals surface area contributed by atoms with Gasteiger partial charge in [0.05, 0.1) is 6.61 Å². The third kappa shape index (κ3) is 5.70. The van der Waals surface area contributed by atoms with Crippen LogP contribution in [0.25, 0.3) is 0 Å². The van der Waals surface area contributed by atoms with Crippen molar-refractivity contribution in [1.29, 1.82) is 0 Å². The van der Waals surface area contributed by atoms with Gasteiger partial charge in [0.1, 0.15) is 17.5 Å². The minimum absolute atomic E-state index is 0.00495. The van der Waals surface area contributed by atoms with Gasteiger partial charge in [-0.15, -0.1) is 0 Å². The molecule has 2 aliphatic rings. The van der Waals surface area contributed by atoms with E-state index in [1.54, 1.807) is 6.07 Å². The van der Waals surface area contributed by atoms with Crippen LogP contribution in [0.1, 0.15) is 36.1 Å². The fourth-order valence-electron chi connectivity index (χ4n) is 6.38. The summed E-state index contributed by atoms with van der Waals surface area (Å²) in [7, 11) is 0. The lowest BCUT2D eigenvalue weighted by Gasteiger charge is -2.37. The fraction of sp³-hybridized carbons (Fsp3) is 0.278. The largest absolute Gasteiger partial charge is 0.456 e. The van der Waals surface area contributed by atoms with Gasteiger partial charge in [-0.25, -0.2) is 4.39 Å². The minimum Gasteiger partial charge on any atom is -0.456 e. The first-order valence-corrected chi connectivity index (χ1v) is 14.7. The Morgan fingerprint density at radius 2 is 1.32 bits per heavy atom. The molecule has 0 aliphatic carbocycles. The Labute approximate surface area is 256 Å². The van der Waals surface area contributed by atoms with Crippen molar-refractivity contribution in [3.8, 4) is 0 Å². The van der Waals surface area contributed by atoms with Gasteiger partial charge < -0.3 is 23.8 Å². The number of hydrogen-bond donors (Lipinski definition) is 0.